The molecule has 3 amide bonds. The van der Waals surface area contributed by atoms with Gasteiger partial charge in [-0.05, 0) is 51.3 Å². The number of benzene rings is 1. The second-order valence-electron chi connectivity index (χ2n) is 10.6. The molecule has 2 fully saturated rings. The molecule has 2 aliphatic rings. The normalized spacial score (nSPS) is 22.8. The Labute approximate surface area is 217 Å². The van der Waals surface area contributed by atoms with Crippen molar-refractivity contribution in [3.63, 3.8) is 0 Å². The lowest BCUT2D eigenvalue weighted by atomic mass is 9.75. The molecule has 0 radical (unpaired) electrons. The Bertz CT molecular complexity index is 1050. The highest BCUT2D eigenvalue weighted by Crippen LogP contribution is 2.36. The molecule has 0 saturated carbocycles. The lowest BCUT2D eigenvalue weighted by Crippen LogP contribution is -2.60. The lowest BCUT2D eigenvalue weighted by Gasteiger charge is -2.41. The van der Waals surface area contributed by atoms with Gasteiger partial charge in [0.15, 0.2) is 0 Å². The molecule has 2 aliphatic heterocycles. The zero-order valence-corrected chi connectivity index (χ0v) is 21.8. The monoisotopic (exact) mass is 515 g/mol. The number of carboxylic acid groups (broad SMARTS) is 1. The van der Waals surface area contributed by atoms with Crippen molar-refractivity contribution in [1.29, 1.82) is 0 Å². The van der Waals surface area contributed by atoms with Gasteiger partial charge in [0, 0.05) is 37.2 Å². The van der Waals surface area contributed by atoms with E-state index in [1.165, 1.54) is 4.90 Å². The maximum Gasteiger partial charge on any atom is 0.405 e. The van der Waals surface area contributed by atoms with Crippen LogP contribution in [0, 0.1) is 17.3 Å². The third-order valence-electron chi connectivity index (χ3n) is 7.22. The number of amides is 3. The van der Waals surface area contributed by atoms with E-state index in [2.05, 4.69) is 22.5 Å². The Morgan fingerprint density at radius 2 is 1.78 bits per heavy atom. The zero-order valence-electron chi connectivity index (χ0n) is 21.8. The van der Waals surface area contributed by atoms with E-state index >= 15 is 0 Å². The SMILES string of the molecule is CC#Cc1ccc([C@@H](NC(=O)[C@@H]2C[C@@H](O)CN2C(=O)[C@H](NC(=O)O)C2(C)CCOCC2)C(C)(C)O)cc1. The molecule has 5 N–H and O–H groups in total. The number of rotatable bonds is 7. The van der Waals surface area contributed by atoms with Crippen LogP contribution in [0.15, 0.2) is 24.3 Å². The number of carbonyl (C=O) groups excluding carboxylic acids is 2. The summed E-state index contributed by atoms with van der Waals surface area (Å²) in [5.74, 6) is 4.66. The molecule has 1 aromatic rings. The fraction of sp³-hybridized carbons (Fsp3) is 0.593. The molecule has 0 unspecified atom stereocenters. The van der Waals surface area contributed by atoms with E-state index in [9.17, 15) is 29.7 Å². The molecule has 10 heteroatoms. The van der Waals surface area contributed by atoms with Crippen LogP contribution in [0.1, 0.15) is 64.1 Å². The quantitative estimate of drug-likeness (QED) is 0.345. The van der Waals surface area contributed by atoms with Crippen molar-refractivity contribution in [3.05, 3.63) is 35.4 Å². The summed E-state index contributed by atoms with van der Waals surface area (Å²) in [5, 5.41) is 35.9. The molecule has 2 heterocycles. The van der Waals surface area contributed by atoms with Gasteiger partial charge in [-0.1, -0.05) is 25.0 Å². The van der Waals surface area contributed by atoms with Crippen molar-refractivity contribution in [1.82, 2.24) is 15.5 Å². The standard InChI is InChI=1S/C27H37N3O7/c1-5-6-17-7-9-18(10-8-17)21(26(2,3)36)28-23(32)20-15-19(31)16-30(20)24(33)22(29-25(34)35)27(4)11-13-37-14-12-27/h7-10,19-22,29,31,36H,11-16H2,1-4H3,(H,28,32)(H,34,35)/t19-,20+,21-,22+/m1/s1. The number of carbonyl (C=O) groups is 3. The van der Waals surface area contributed by atoms with Gasteiger partial charge in [0.1, 0.15) is 12.1 Å². The van der Waals surface area contributed by atoms with Gasteiger partial charge < -0.3 is 35.6 Å². The first-order valence-corrected chi connectivity index (χ1v) is 12.5. The molecular formula is C27H37N3O7. The first kappa shape index (κ1) is 28.4. The molecule has 37 heavy (non-hydrogen) atoms. The number of hydrogen-bond acceptors (Lipinski definition) is 6. The van der Waals surface area contributed by atoms with Crippen LogP contribution in [0.3, 0.4) is 0 Å². The van der Waals surface area contributed by atoms with Gasteiger partial charge in [0.05, 0.1) is 17.7 Å². The third kappa shape index (κ3) is 6.80. The summed E-state index contributed by atoms with van der Waals surface area (Å²) in [6.45, 7) is 7.39. The summed E-state index contributed by atoms with van der Waals surface area (Å²) in [5.41, 5.74) is -0.607. The predicted molar refractivity (Wildman–Crippen MR) is 135 cm³/mol. The van der Waals surface area contributed by atoms with Gasteiger partial charge in [0.25, 0.3) is 0 Å². The molecule has 3 rings (SSSR count). The maximum absolute atomic E-state index is 13.7. The van der Waals surface area contributed by atoms with Gasteiger partial charge in [-0.15, -0.1) is 5.92 Å². The molecule has 10 nitrogen and oxygen atoms in total. The highest BCUT2D eigenvalue weighted by atomic mass is 16.5. The summed E-state index contributed by atoms with van der Waals surface area (Å²) in [7, 11) is 0. The van der Waals surface area contributed by atoms with Gasteiger partial charge in [-0.2, -0.15) is 0 Å². The van der Waals surface area contributed by atoms with Gasteiger partial charge in [-0.25, -0.2) is 4.79 Å². The summed E-state index contributed by atoms with van der Waals surface area (Å²) < 4.78 is 5.40. The van der Waals surface area contributed by atoms with Crippen LogP contribution in [0.5, 0.6) is 0 Å². The van der Waals surface area contributed by atoms with E-state index in [0.717, 1.165) is 5.56 Å². The highest BCUT2D eigenvalue weighted by Gasteiger charge is 2.48. The summed E-state index contributed by atoms with van der Waals surface area (Å²) in [6, 6.07) is 4.19. The first-order chi connectivity index (χ1) is 17.4. The molecule has 1 aromatic carbocycles. The lowest BCUT2D eigenvalue weighted by molar-refractivity contribution is -0.144. The van der Waals surface area contributed by atoms with Crippen LogP contribution in [-0.2, 0) is 14.3 Å². The number of likely N-dealkylation sites (tertiary alicyclic amines) is 1. The predicted octanol–water partition coefficient (Wildman–Crippen LogP) is 1.40. The van der Waals surface area contributed by atoms with E-state index in [0.29, 0.717) is 31.6 Å². The smallest absolute Gasteiger partial charge is 0.405 e. The van der Waals surface area contributed by atoms with E-state index in [1.807, 2.05) is 6.92 Å². The molecule has 0 aromatic heterocycles. The fourth-order valence-corrected chi connectivity index (χ4v) is 5.07. The minimum Gasteiger partial charge on any atom is -0.465 e. The zero-order chi connectivity index (χ0) is 27.4. The van der Waals surface area contributed by atoms with Crippen molar-refractivity contribution in [2.45, 2.75) is 76.8 Å². The number of ether oxygens (including phenoxy) is 1. The van der Waals surface area contributed by atoms with E-state index in [1.54, 1.807) is 45.0 Å². The molecule has 202 valence electrons. The van der Waals surface area contributed by atoms with Crippen molar-refractivity contribution in [2.24, 2.45) is 5.41 Å². The van der Waals surface area contributed by atoms with E-state index < -0.39 is 53.2 Å². The third-order valence-corrected chi connectivity index (χ3v) is 7.22. The van der Waals surface area contributed by atoms with Crippen LogP contribution in [0.4, 0.5) is 4.79 Å². The number of nitrogens with zero attached hydrogens (tertiary/aromatic N) is 1. The minimum atomic E-state index is -1.34. The number of hydrogen-bond donors (Lipinski definition) is 5. The molecule has 0 aliphatic carbocycles. The summed E-state index contributed by atoms with van der Waals surface area (Å²) >= 11 is 0. The van der Waals surface area contributed by atoms with Crippen molar-refractivity contribution in [2.75, 3.05) is 19.8 Å². The Morgan fingerprint density at radius 1 is 1.16 bits per heavy atom. The molecule has 0 spiro atoms. The second-order valence-corrected chi connectivity index (χ2v) is 10.6. The van der Waals surface area contributed by atoms with Crippen LogP contribution < -0.4 is 10.6 Å². The van der Waals surface area contributed by atoms with Crippen molar-refractivity contribution < 1.29 is 34.4 Å². The Hall–Kier alpha value is -3.13. The largest absolute Gasteiger partial charge is 0.465 e. The fourth-order valence-electron chi connectivity index (χ4n) is 5.07. The number of nitrogens with one attached hydrogen (secondary N) is 2. The van der Waals surface area contributed by atoms with Gasteiger partial charge >= 0.3 is 6.09 Å². The van der Waals surface area contributed by atoms with Crippen molar-refractivity contribution >= 4 is 17.9 Å². The molecule has 0 bridgehead atoms. The van der Waals surface area contributed by atoms with Crippen LogP contribution in [-0.4, -0.2) is 81.7 Å². The van der Waals surface area contributed by atoms with Crippen molar-refractivity contribution in [3.8, 4) is 11.8 Å². The van der Waals surface area contributed by atoms with E-state index in [-0.39, 0.29) is 13.0 Å². The minimum absolute atomic E-state index is 0.000788. The molecule has 2 saturated heterocycles. The Balaban J connectivity index is 1.86. The highest BCUT2D eigenvalue weighted by molar-refractivity contribution is 5.92. The summed E-state index contributed by atoms with van der Waals surface area (Å²) in [4.78, 5) is 40.0. The molecule has 4 atom stereocenters. The van der Waals surface area contributed by atoms with Crippen LogP contribution in [0.2, 0.25) is 0 Å². The average molecular weight is 516 g/mol. The van der Waals surface area contributed by atoms with Crippen LogP contribution in [0.25, 0.3) is 0 Å². The Morgan fingerprint density at radius 3 is 2.32 bits per heavy atom. The first-order valence-electron chi connectivity index (χ1n) is 12.5. The average Bonchev–Trinajstić information content (AvgIpc) is 3.23. The summed E-state index contributed by atoms with van der Waals surface area (Å²) in [6.07, 6.45) is -1.35. The topological polar surface area (TPSA) is 148 Å². The van der Waals surface area contributed by atoms with E-state index in [4.69, 9.17) is 4.74 Å². The maximum atomic E-state index is 13.7. The molecular weight excluding hydrogens is 478 g/mol. The van der Waals surface area contributed by atoms with Gasteiger partial charge in [0.2, 0.25) is 11.8 Å². The van der Waals surface area contributed by atoms with Crippen LogP contribution >= 0.6 is 0 Å². The number of aliphatic hydroxyl groups is 2. The van der Waals surface area contributed by atoms with Gasteiger partial charge in [-0.3, -0.25) is 9.59 Å². The number of β-amino-alcohol motifs (C(OH)–C–C–N with tert-alkyl or cyclic N) is 1. The second kappa shape index (κ2) is 11.5. The number of aliphatic hydroxyl groups excluding tert-OH is 1. The Kier molecular flexibility index (Phi) is 8.84.